The van der Waals surface area contributed by atoms with Gasteiger partial charge in [0, 0.05) is 16.8 Å². The summed E-state index contributed by atoms with van der Waals surface area (Å²) < 4.78 is 36.0. The number of carbonyl (C=O) groups excluding carboxylic acids is 1. The zero-order valence-corrected chi connectivity index (χ0v) is 17.0. The van der Waals surface area contributed by atoms with Gasteiger partial charge in [0.25, 0.3) is 0 Å². The number of ether oxygens (including phenoxy) is 2. The van der Waals surface area contributed by atoms with Crippen molar-refractivity contribution < 1.29 is 22.7 Å². The second kappa shape index (κ2) is 8.49. The Morgan fingerprint density at radius 1 is 1.11 bits per heavy atom. The topological polar surface area (TPSA) is 84.9 Å². The maximum absolute atomic E-state index is 12.7. The molecule has 146 valence electrons. The molecule has 0 bridgehead atoms. The fourth-order valence-corrected chi connectivity index (χ4v) is 3.93. The van der Waals surface area contributed by atoms with Crippen molar-refractivity contribution in [1.29, 1.82) is 0 Å². The number of anilines is 2. The lowest BCUT2D eigenvalue weighted by Gasteiger charge is -2.28. The highest BCUT2D eigenvalue weighted by molar-refractivity contribution is 7.92. The lowest BCUT2D eigenvalue weighted by atomic mass is 10.2. The molecule has 0 fully saturated rings. The Bertz CT molecular complexity index is 933. The average molecular weight is 413 g/mol. The molecule has 0 aliphatic rings. The predicted octanol–water partition coefficient (Wildman–Crippen LogP) is 3.15. The molecule has 0 heterocycles. The molecule has 1 atom stereocenters. The molecule has 1 amide bonds. The molecule has 27 heavy (non-hydrogen) atoms. The van der Waals surface area contributed by atoms with E-state index < -0.39 is 22.0 Å². The number of halogens is 1. The molecule has 0 saturated carbocycles. The molecule has 1 N–H and O–H groups in total. The van der Waals surface area contributed by atoms with Crippen molar-refractivity contribution in [3.8, 4) is 11.5 Å². The van der Waals surface area contributed by atoms with Gasteiger partial charge in [0.05, 0.1) is 26.2 Å². The molecule has 9 heteroatoms. The van der Waals surface area contributed by atoms with Crippen LogP contribution in [-0.4, -0.2) is 40.8 Å². The van der Waals surface area contributed by atoms with E-state index >= 15 is 0 Å². The van der Waals surface area contributed by atoms with Crippen LogP contribution in [0.4, 0.5) is 11.4 Å². The smallest absolute Gasteiger partial charge is 0.247 e. The summed E-state index contributed by atoms with van der Waals surface area (Å²) in [5, 5.41) is 3.06. The minimum Gasteiger partial charge on any atom is -0.493 e. The van der Waals surface area contributed by atoms with Crippen molar-refractivity contribution in [2.75, 3.05) is 30.1 Å². The predicted molar refractivity (Wildman–Crippen MR) is 106 cm³/mol. The van der Waals surface area contributed by atoms with Gasteiger partial charge in [0.15, 0.2) is 11.5 Å². The number of methoxy groups -OCH3 is 2. The largest absolute Gasteiger partial charge is 0.493 e. The van der Waals surface area contributed by atoms with E-state index in [9.17, 15) is 13.2 Å². The third kappa shape index (κ3) is 5.05. The van der Waals surface area contributed by atoms with E-state index in [1.165, 1.54) is 27.2 Å². The van der Waals surface area contributed by atoms with E-state index in [2.05, 4.69) is 5.32 Å². The van der Waals surface area contributed by atoms with E-state index in [1.807, 2.05) is 0 Å². The second-order valence-electron chi connectivity index (χ2n) is 5.77. The first-order valence-electron chi connectivity index (χ1n) is 7.95. The number of benzene rings is 2. The molecule has 0 saturated heterocycles. The highest BCUT2D eigenvalue weighted by Crippen LogP contribution is 2.30. The van der Waals surface area contributed by atoms with E-state index in [0.717, 1.165) is 10.6 Å². The fourth-order valence-electron chi connectivity index (χ4n) is 2.58. The summed E-state index contributed by atoms with van der Waals surface area (Å²) >= 11 is 5.97. The van der Waals surface area contributed by atoms with Crippen LogP contribution in [0.1, 0.15) is 6.92 Å². The first kappa shape index (κ1) is 20.9. The first-order chi connectivity index (χ1) is 12.7. The molecule has 0 unspecified atom stereocenters. The number of amides is 1. The first-order valence-corrected chi connectivity index (χ1v) is 10.2. The number of hydrogen-bond donors (Lipinski definition) is 1. The minimum absolute atomic E-state index is 0.306. The number of hydrogen-bond acceptors (Lipinski definition) is 5. The average Bonchev–Trinajstić information content (AvgIpc) is 2.60. The van der Waals surface area contributed by atoms with Gasteiger partial charge >= 0.3 is 0 Å². The lowest BCUT2D eigenvalue weighted by Crippen LogP contribution is -2.45. The van der Waals surface area contributed by atoms with Crippen LogP contribution in [0.3, 0.4) is 0 Å². The van der Waals surface area contributed by atoms with E-state index in [0.29, 0.717) is 27.9 Å². The standard InChI is InChI=1S/C18H21ClN2O5S/c1-12(21(27(4,23)24)15-7-5-6-13(19)10-15)18(22)20-14-8-9-16(25-2)17(11-14)26-3/h5-12H,1-4H3,(H,20,22)/t12-/m0/s1. The van der Waals surface area contributed by atoms with Crippen LogP contribution in [0.2, 0.25) is 5.02 Å². The number of carbonyl (C=O) groups is 1. The van der Waals surface area contributed by atoms with Gasteiger partial charge in [-0.1, -0.05) is 17.7 Å². The summed E-state index contributed by atoms with van der Waals surface area (Å²) in [7, 11) is -0.736. The van der Waals surface area contributed by atoms with Crippen molar-refractivity contribution in [3.05, 3.63) is 47.5 Å². The van der Waals surface area contributed by atoms with Gasteiger partial charge in [-0.3, -0.25) is 9.10 Å². The summed E-state index contributed by atoms with van der Waals surface area (Å²) in [6, 6.07) is 10.2. The Balaban J connectivity index is 2.30. The van der Waals surface area contributed by atoms with Crippen molar-refractivity contribution in [2.45, 2.75) is 13.0 Å². The van der Waals surface area contributed by atoms with E-state index in [4.69, 9.17) is 21.1 Å². The number of nitrogens with one attached hydrogen (secondary N) is 1. The summed E-state index contributed by atoms with van der Waals surface area (Å²) in [5.74, 6) is 0.450. The van der Waals surface area contributed by atoms with Crippen LogP contribution >= 0.6 is 11.6 Å². The summed E-state index contributed by atoms with van der Waals surface area (Å²) in [5.41, 5.74) is 0.754. The molecule has 2 aromatic carbocycles. The van der Waals surface area contributed by atoms with E-state index in [1.54, 1.807) is 36.4 Å². The number of rotatable bonds is 7. The molecule has 0 spiro atoms. The lowest BCUT2D eigenvalue weighted by molar-refractivity contribution is -0.116. The zero-order chi connectivity index (χ0) is 20.2. The summed E-state index contributed by atoms with van der Waals surface area (Å²) in [4.78, 5) is 12.7. The van der Waals surface area contributed by atoms with Gasteiger partial charge in [-0.15, -0.1) is 0 Å². The van der Waals surface area contributed by atoms with Crippen LogP contribution in [0.15, 0.2) is 42.5 Å². The Morgan fingerprint density at radius 3 is 2.33 bits per heavy atom. The van der Waals surface area contributed by atoms with Crippen molar-refractivity contribution in [3.63, 3.8) is 0 Å². The van der Waals surface area contributed by atoms with Crippen LogP contribution in [0.5, 0.6) is 11.5 Å². The maximum Gasteiger partial charge on any atom is 0.247 e. The Hall–Kier alpha value is -2.45. The summed E-state index contributed by atoms with van der Waals surface area (Å²) in [6.45, 7) is 1.50. The molecular weight excluding hydrogens is 392 g/mol. The van der Waals surface area contributed by atoms with Gasteiger partial charge in [0.1, 0.15) is 6.04 Å². The van der Waals surface area contributed by atoms with Crippen LogP contribution in [0, 0.1) is 0 Å². The number of sulfonamides is 1. The SMILES string of the molecule is COc1ccc(NC(=O)[C@H](C)N(c2cccc(Cl)c2)S(C)(=O)=O)cc1OC. The quantitative estimate of drug-likeness (QED) is 0.755. The van der Waals surface area contributed by atoms with Crippen molar-refractivity contribution in [1.82, 2.24) is 0 Å². The van der Waals surface area contributed by atoms with Gasteiger partial charge < -0.3 is 14.8 Å². The normalized spacial score (nSPS) is 12.2. The highest BCUT2D eigenvalue weighted by Gasteiger charge is 2.29. The van der Waals surface area contributed by atoms with Gasteiger partial charge in [-0.05, 0) is 37.3 Å². The fraction of sp³-hybridized carbons (Fsp3) is 0.278. The van der Waals surface area contributed by atoms with Crippen LogP contribution in [0.25, 0.3) is 0 Å². The molecule has 2 rings (SSSR count). The molecule has 7 nitrogen and oxygen atoms in total. The Kier molecular flexibility index (Phi) is 6.56. The van der Waals surface area contributed by atoms with Gasteiger partial charge in [-0.2, -0.15) is 0 Å². The third-order valence-corrected chi connectivity index (χ3v) is 5.28. The molecule has 0 aliphatic carbocycles. The molecule has 0 aliphatic heterocycles. The van der Waals surface area contributed by atoms with Crippen molar-refractivity contribution in [2.24, 2.45) is 0 Å². The number of nitrogens with zero attached hydrogens (tertiary/aromatic N) is 1. The second-order valence-corrected chi connectivity index (χ2v) is 8.07. The zero-order valence-electron chi connectivity index (χ0n) is 15.4. The molecular formula is C18H21ClN2O5S. The molecule has 2 aromatic rings. The monoisotopic (exact) mass is 412 g/mol. The Morgan fingerprint density at radius 2 is 1.78 bits per heavy atom. The van der Waals surface area contributed by atoms with E-state index in [-0.39, 0.29) is 0 Å². The molecule has 0 radical (unpaired) electrons. The third-order valence-electron chi connectivity index (χ3n) is 3.80. The van der Waals surface area contributed by atoms with Crippen LogP contribution < -0.4 is 19.1 Å². The maximum atomic E-state index is 12.7. The minimum atomic E-state index is -3.73. The van der Waals surface area contributed by atoms with Crippen LogP contribution in [-0.2, 0) is 14.8 Å². The molecule has 0 aromatic heterocycles. The highest BCUT2D eigenvalue weighted by atomic mass is 35.5. The summed E-state index contributed by atoms with van der Waals surface area (Å²) in [6.07, 6.45) is 1.04. The van der Waals surface area contributed by atoms with Gasteiger partial charge in [0.2, 0.25) is 15.9 Å². The Labute approximate surface area is 163 Å². The van der Waals surface area contributed by atoms with Gasteiger partial charge in [-0.25, -0.2) is 8.42 Å². The van der Waals surface area contributed by atoms with Crippen molar-refractivity contribution >= 4 is 38.9 Å².